The molecule has 0 saturated heterocycles. The summed E-state index contributed by atoms with van der Waals surface area (Å²) in [6, 6.07) is 13.9. The number of pyridine rings is 1. The average molecular weight is 375 g/mol. The van der Waals surface area contributed by atoms with E-state index in [9.17, 15) is 19.2 Å². The minimum atomic E-state index is -0.516. The highest BCUT2D eigenvalue weighted by Gasteiger charge is 2.36. The SMILES string of the molecule is Cc1ccc2cc(CNC(=O)CN3C(=O)c4ccccc4C3=O)c(=O)[nH]c2c1. The maximum absolute atomic E-state index is 12.3. The number of amides is 3. The quantitative estimate of drug-likeness (QED) is 0.679. The van der Waals surface area contributed by atoms with Crippen LogP contribution in [0, 0.1) is 6.92 Å². The largest absolute Gasteiger partial charge is 0.350 e. The van der Waals surface area contributed by atoms with Gasteiger partial charge in [-0.05, 0) is 42.1 Å². The highest BCUT2D eigenvalue weighted by atomic mass is 16.2. The summed E-state index contributed by atoms with van der Waals surface area (Å²) in [5.41, 5.74) is 2.45. The molecule has 2 aromatic carbocycles. The number of H-pyrrole nitrogens is 1. The second-order valence-electron chi connectivity index (χ2n) is 6.73. The molecular formula is C21H17N3O4. The highest BCUT2D eigenvalue weighted by molar-refractivity contribution is 6.22. The third-order valence-corrected chi connectivity index (χ3v) is 4.73. The van der Waals surface area contributed by atoms with Crippen LogP contribution < -0.4 is 10.9 Å². The molecule has 28 heavy (non-hydrogen) atoms. The fourth-order valence-corrected chi connectivity index (χ4v) is 3.27. The van der Waals surface area contributed by atoms with Crippen LogP contribution in [0.15, 0.2) is 53.3 Å². The second-order valence-corrected chi connectivity index (χ2v) is 6.73. The van der Waals surface area contributed by atoms with Crippen LogP contribution in [0.4, 0.5) is 0 Å². The smallest absolute Gasteiger partial charge is 0.262 e. The van der Waals surface area contributed by atoms with Crippen LogP contribution in [-0.2, 0) is 11.3 Å². The molecule has 140 valence electrons. The first kappa shape index (κ1) is 17.7. The Bertz CT molecular complexity index is 1160. The number of aromatic nitrogens is 1. The van der Waals surface area contributed by atoms with Crippen molar-refractivity contribution in [2.75, 3.05) is 6.54 Å². The molecule has 0 saturated carbocycles. The van der Waals surface area contributed by atoms with E-state index in [0.29, 0.717) is 16.7 Å². The fourth-order valence-electron chi connectivity index (χ4n) is 3.27. The van der Waals surface area contributed by atoms with Crippen molar-refractivity contribution in [3.8, 4) is 0 Å². The number of imide groups is 1. The summed E-state index contributed by atoms with van der Waals surface area (Å²) in [6.07, 6.45) is 0. The average Bonchev–Trinajstić information content (AvgIpc) is 2.91. The van der Waals surface area contributed by atoms with Crippen molar-refractivity contribution in [1.82, 2.24) is 15.2 Å². The molecule has 4 rings (SSSR count). The summed E-state index contributed by atoms with van der Waals surface area (Å²) in [5.74, 6) is -1.50. The Morgan fingerprint density at radius 1 is 1.00 bits per heavy atom. The Hall–Kier alpha value is -3.74. The van der Waals surface area contributed by atoms with Gasteiger partial charge in [-0.1, -0.05) is 24.3 Å². The van der Waals surface area contributed by atoms with E-state index in [0.717, 1.165) is 21.4 Å². The molecule has 7 nitrogen and oxygen atoms in total. The molecule has 7 heteroatoms. The molecule has 3 aromatic rings. The van der Waals surface area contributed by atoms with E-state index in [4.69, 9.17) is 0 Å². The van der Waals surface area contributed by atoms with Gasteiger partial charge >= 0.3 is 0 Å². The standard InChI is InChI=1S/C21H17N3O4/c1-12-6-7-13-9-14(19(26)23-17(13)8-12)10-22-18(25)11-24-20(27)15-4-2-3-5-16(15)21(24)28/h2-9H,10-11H2,1H3,(H,22,25)(H,23,26). The van der Waals surface area contributed by atoms with E-state index < -0.39 is 24.3 Å². The number of nitrogens with one attached hydrogen (secondary N) is 2. The van der Waals surface area contributed by atoms with Crippen LogP contribution in [0.25, 0.3) is 10.9 Å². The third-order valence-electron chi connectivity index (χ3n) is 4.73. The third kappa shape index (κ3) is 3.07. The number of rotatable bonds is 4. The van der Waals surface area contributed by atoms with Crippen LogP contribution in [0.2, 0.25) is 0 Å². The van der Waals surface area contributed by atoms with Gasteiger partial charge in [0.1, 0.15) is 6.54 Å². The van der Waals surface area contributed by atoms with Crippen LogP contribution in [0.5, 0.6) is 0 Å². The molecule has 0 fully saturated rings. The Morgan fingerprint density at radius 3 is 2.36 bits per heavy atom. The maximum Gasteiger partial charge on any atom is 0.262 e. The van der Waals surface area contributed by atoms with Crippen molar-refractivity contribution in [3.63, 3.8) is 0 Å². The molecule has 1 aliphatic heterocycles. The molecule has 0 atom stereocenters. The van der Waals surface area contributed by atoms with Gasteiger partial charge in [-0.25, -0.2) is 0 Å². The number of hydrogen-bond donors (Lipinski definition) is 2. The lowest BCUT2D eigenvalue weighted by Gasteiger charge is -2.13. The fraction of sp³-hybridized carbons (Fsp3) is 0.143. The molecule has 2 N–H and O–H groups in total. The molecule has 0 unspecified atom stereocenters. The first-order valence-corrected chi connectivity index (χ1v) is 8.78. The lowest BCUT2D eigenvalue weighted by Crippen LogP contribution is -2.40. The molecule has 0 spiro atoms. The lowest BCUT2D eigenvalue weighted by molar-refractivity contribution is -0.121. The van der Waals surface area contributed by atoms with Crippen molar-refractivity contribution < 1.29 is 14.4 Å². The molecule has 0 aliphatic carbocycles. The molecular weight excluding hydrogens is 358 g/mol. The minimum Gasteiger partial charge on any atom is -0.350 e. The molecule has 0 bridgehead atoms. The first-order valence-electron chi connectivity index (χ1n) is 8.78. The number of aromatic amines is 1. The summed E-state index contributed by atoms with van der Waals surface area (Å²) in [4.78, 5) is 52.8. The Kier molecular flexibility index (Phi) is 4.27. The lowest BCUT2D eigenvalue weighted by atomic mass is 10.1. The number of carbonyl (C=O) groups excluding carboxylic acids is 3. The zero-order valence-corrected chi connectivity index (χ0v) is 15.1. The molecule has 1 aliphatic rings. The Morgan fingerprint density at radius 2 is 1.68 bits per heavy atom. The summed E-state index contributed by atoms with van der Waals surface area (Å²) < 4.78 is 0. The van der Waals surface area contributed by atoms with Crippen LogP contribution in [0.3, 0.4) is 0 Å². The van der Waals surface area contributed by atoms with E-state index in [-0.39, 0.29) is 12.1 Å². The zero-order valence-electron chi connectivity index (χ0n) is 15.1. The first-order chi connectivity index (χ1) is 13.4. The normalized spacial score (nSPS) is 13.1. The number of hydrogen-bond acceptors (Lipinski definition) is 4. The van der Waals surface area contributed by atoms with Crippen LogP contribution in [0.1, 0.15) is 31.8 Å². The minimum absolute atomic E-state index is 0.00114. The van der Waals surface area contributed by atoms with Gasteiger partial charge in [-0.2, -0.15) is 0 Å². The molecule has 1 aromatic heterocycles. The van der Waals surface area contributed by atoms with Gasteiger partial charge in [-0.3, -0.25) is 24.1 Å². The van der Waals surface area contributed by atoms with Crippen LogP contribution in [-0.4, -0.2) is 34.2 Å². The zero-order chi connectivity index (χ0) is 19.8. The Balaban J connectivity index is 1.46. The van der Waals surface area contributed by atoms with Gasteiger partial charge in [0, 0.05) is 17.6 Å². The van der Waals surface area contributed by atoms with E-state index in [1.54, 1.807) is 30.3 Å². The number of aryl methyl sites for hydroxylation is 1. The van der Waals surface area contributed by atoms with Gasteiger partial charge in [0.15, 0.2) is 0 Å². The number of benzene rings is 2. The molecule has 3 amide bonds. The van der Waals surface area contributed by atoms with Crippen molar-refractivity contribution in [3.05, 3.63) is 81.1 Å². The second kappa shape index (κ2) is 6.77. The van der Waals surface area contributed by atoms with E-state index in [1.165, 1.54) is 0 Å². The van der Waals surface area contributed by atoms with Crippen molar-refractivity contribution >= 4 is 28.6 Å². The van der Waals surface area contributed by atoms with Crippen molar-refractivity contribution in [1.29, 1.82) is 0 Å². The summed E-state index contributed by atoms with van der Waals surface area (Å²) in [7, 11) is 0. The number of nitrogens with zero attached hydrogens (tertiary/aromatic N) is 1. The number of fused-ring (bicyclic) bond motifs is 2. The topological polar surface area (TPSA) is 99.3 Å². The Labute approximate surface area is 160 Å². The highest BCUT2D eigenvalue weighted by Crippen LogP contribution is 2.21. The maximum atomic E-state index is 12.3. The van der Waals surface area contributed by atoms with Gasteiger partial charge in [0.25, 0.3) is 17.4 Å². The predicted molar refractivity (Wildman–Crippen MR) is 103 cm³/mol. The van der Waals surface area contributed by atoms with Gasteiger partial charge in [-0.15, -0.1) is 0 Å². The molecule has 2 heterocycles. The van der Waals surface area contributed by atoms with Gasteiger partial charge in [0.05, 0.1) is 11.1 Å². The summed E-state index contributed by atoms with van der Waals surface area (Å²) >= 11 is 0. The van der Waals surface area contributed by atoms with E-state index in [1.807, 2.05) is 25.1 Å². The monoisotopic (exact) mass is 375 g/mol. The van der Waals surface area contributed by atoms with Crippen LogP contribution >= 0.6 is 0 Å². The summed E-state index contributed by atoms with van der Waals surface area (Å²) in [5, 5.41) is 3.46. The summed E-state index contributed by atoms with van der Waals surface area (Å²) in [6.45, 7) is 1.54. The van der Waals surface area contributed by atoms with Crippen molar-refractivity contribution in [2.24, 2.45) is 0 Å². The van der Waals surface area contributed by atoms with Crippen molar-refractivity contribution in [2.45, 2.75) is 13.5 Å². The van der Waals surface area contributed by atoms with E-state index >= 15 is 0 Å². The van der Waals surface area contributed by atoms with Gasteiger partial charge in [0.2, 0.25) is 5.91 Å². The predicted octanol–water partition coefficient (Wildman–Crippen LogP) is 1.75. The number of carbonyl (C=O) groups is 3. The van der Waals surface area contributed by atoms with E-state index in [2.05, 4.69) is 10.3 Å². The molecule has 0 radical (unpaired) electrons. The van der Waals surface area contributed by atoms with Gasteiger partial charge < -0.3 is 10.3 Å².